The number of esters is 1. The van der Waals surface area contributed by atoms with Crippen molar-refractivity contribution in [3.63, 3.8) is 0 Å². The Kier molecular flexibility index (Phi) is 6.13. The molecule has 1 heterocycles. The van der Waals surface area contributed by atoms with Crippen molar-refractivity contribution in [2.24, 2.45) is 5.92 Å². The lowest BCUT2D eigenvalue weighted by Crippen LogP contribution is -2.51. The molecular formula is C19H24N2O5. The highest BCUT2D eigenvalue weighted by molar-refractivity contribution is 6.22. The van der Waals surface area contributed by atoms with Gasteiger partial charge >= 0.3 is 5.97 Å². The molecule has 26 heavy (non-hydrogen) atoms. The topological polar surface area (TPSA) is 84.0 Å². The molecule has 0 radical (unpaired) electrons. The first-order valence-electron chi connectivity index (χ1n) is 8.67. The summed E-state index contributed by atoms with van der Waals surface area (Å²) in [5.41, 5.74) is 0.615. The lowest BCUT2D eigenvalue weighted by atomic mass is 10.1. The molecule has 0 spiro atoms. The van der Waals surface area contributed by atoms with Crippen LogP contribution in [-0.4, -0.2) is 59.7 Å². The van der Waals surface area contributed by atoms with Crippen LogP contribution in [0.1, 0.15) is 47.9 Å². The number of methoxy groups -OCH3 is 1. The average Bonchev–Trinajstić information content (AvgIpc) is 2.90. The molecule has 0 saturated heterocycles. The molecule has 0 N–H and O–H groups in total. The van der Waals surface area contributed by atoms with Gasteiger partial charge in [0.15, 0.2) is 0 Å². The highest BCUT2D eigenvalue weighted by atomic mass is 16.5. The van der Waals surface area contributed by atoms with E-state index in [0.717, 1.165) is 4.90 Å². The quantitative estimate of drug-likeness (QED) is 0.546. The Morgan fingerprint density at radius 3 is 2.12 bits per heavy atom. The smallest absolute Gasteiger partial charge is 0.310 e. The molecule has 3 amide bonds. The Morgan fingerprint density at radius 1 is 1.12 bits per heavy atom. The molecule has 2 atom stereocenters. The minimum Gasteiger partial charge on any atom is -0.469 e. The standard InChI is InChI=1S/C19H24N2O5/c1-5-10-20(11-12(2)19(25)26-4)16(22)13(3)21-17(23)14-8-6-7-9-15(14)18(21)24/h6-9,12-13H,5,10-11H2,1-4H3. The van der Waals surface area contributed by atoms with Gasteiger partial charge in [-0.3, -0.25) is 24.1 Å². The predicted octanol–water partition coefficient (Wildman–Crippen LogP) is 1.72. The second-order valence-electron chi connectivity index (χ2n) is 6.41. The van der Waals surface area contributed by atoms with Crippen LogP contribution in [-0.2, 0) is 14.3 Å². The summed E-state index contributed by atoms with van der Waals surface area (Å²) >= 11 is 0. The van der Waals surface area contributed by atoms with E-state index < -0.39 is 29.7 Å². The number of rotatable bonds is 7. The summed E-state index contributed by atoms with van der Waals surface area (Å²) in [6.45, 7) is 5.72. The first-order valence-corrected chi connectivity index (χ1v) is 8.67. The van der Waals surface area contributed by atoms with Gasteiger partial charge in [-0.1, -0.05) is 26.0 Å². The van der Waals surface area contributed by atoms with Crippen LogP contribution in [0.4, 0.5) is 0 Å². The fourth-order valence-electron chi connectivity index (χ4n) is 3.10. The van der Waals surface area contributed by atoms with Gasteiger partial charge in [-0.05, 0) is 25.5 Å². The summed E-state index contributed by atoms with van der Waals surface area (Å²) in [6.07, 6.45) is 0.689. The van der Waals surface area contributed by atoms with E-state index in [9.17, 15) is 19.2 Å². The van der Waals surface area contributed by atoms with E-state index in [1.165, 1.54) is 18.9 Å². The molecule has 1 aromatic rings. The number of amides is 3. The molecule has 7 nitrogen and oxygen atoms in total. The molecule has 1 aliphatic heterocycles. The fraction of sp³-hybridized carbons (Fsp3) is 0.474. The third kappa shape index (κ3) is 3.61. The van der Waals surface area contributed by atoms with Crippen LogP contribution < -0.4 is 0 Å². The van der Waals surface area contributed by atoms with Gasteiger partial charge < -0.3 is 9.64 Å². The van der Waals surface area contributed by atoms with Gasteiger partial charge in [0, 0.05) is 13.1 Å². The Balaban J connectivity index is 2.20. The zero-order valence-corrected chi connectivity index (χ0v) is 15.5. The Bertz CT molecular complexity index is 695. The number of carbonyl (C=O) groups excluding carboxylic acids is 4. The number of fused-ring (bicyclic) bond motifs is 1. The Morgan fingerprint density at radius 2 is 1.65 bits per heavy atom. The van der Waals surface area contributed by atoms with E-state index in [2.05, 4.69) is 0 Å². The molecule has 140 valence electrons. The molecule has 2 unspecified atom stereocenters. The predicted molar refractivity (Wildman–Crippen MR) is 94.5 cm³/mol. The van der Waals surface area contributed by atoms with Crippen molar-refractivity contribution in [2.45, 2.75) is 33.2 Å². The average molecular weight is 360 g/mol. The van der Waals surface area contributed by atoms with Crippen molar-refractivity contribution in [1.82, 2.24) is 9.80 Å². The molecule has 0 aliphatic carbocycles. The van der Waals surface area contributed by atoms with E-state index in [1.54, 1.807) is 31.2 Å². The first kappa shape index (κ1) is 19.6. The molecule has 2 rings (SSSR count). The zero-order valence-electron chi connectivity index (χ0n) is 15.5. The van der Waals surface area contributed by atoms with E-state index in [1.807, 2.05) is 6.92 Å². The van der Waals surface area contributed by atoms with Gasteiger partial charge in [-0.15, -0.1) is 0 Å². The number of hydrogen-bond acceptors (Lipinski definition) is 5. The van der Waals surface area contributed by atoms with Crippen molar-refractivity contribution < 1.29 is 23.9 Å². The Labute approximate surface area is 152 Å². The van der Waals surface area contributed by atoms with Crippen molar-refractivity contribution in [2.75, 3.05) is 20.2 Å². The molecule has 0 bridgehead atoms. The summed E-state index contributed by atoms with van der Waals surface area (Å²) in [5, 5.41) is 0. The van der Waals surface area contributed by atoms with Crippen molar-refractivity contribution in [3.8, 4) is 0 Å². The lowest BCUT2D eigenvalue weighted by Gasteiger charge is -2.30. The molecule has 7 heteroatoms. The maximum absolute atomic E-state index is 12.9. The Hall–Kier alpha value is -2.70. The first-order chi connectivity index (χ1) is 12.3. The summed E-state index contributed by atoms with van der Waals surface area (Å²) in [7, 11) is 1.30. The van der Waals surface area contributed by atoms with Gasteiger partial charge in [0.2, 0.25) is 5.91 Å². The maximum Gasteiger partial charge on any atom is 0.310 e. The van der Waals surface area contributed by atoms with Gasteiger partial charge in [0.25, 0.3) is 11.8 Å². The number of carbonyl (C=O) groups is 4. The van der Waals surface area contributed by atoms with Crippen LogP contribution in [0.2, 0.25) is 0 Å². The SMILES string of the molecule is CCCN(CC(C)C(=O)OC)C(=O)C(C)N1C(=O)c2ccccc2C1=O. The number of benzene rings is 1. The van der Waals surface area contributed by atoms with Crippen molar-refractivity contribution >= 4 is 23.7 Å². The van der Waals surface area contributed by atoms with Crippen LogP contribution in [0.15, 0.2) is 24.3 Å². The van der Waals surface area contributed by atoms with Crippen molar-refractivity contribution in [1.29, 1.82) is 0 Å². The van der Waals surface area contributed by atoms with E-state index in [-0.39, 0.29) is 12.5 Å². The molecule has 0 aromatic heterocycles. The monoisotopic (exact) mass is 360 g/mol. The van der Waals surface area contributed by atoms with Gasteiger partial charge in [-0.2, -0.15) is 0 Å². The third-order valence-corrected chi connectivity index (χ3v) is 4.47. The molecule has 1 aromatic carbocycles. The molecule has 0 fully saturated rings. The number of imide groups is 1. The van der Waals surface area contributed by atoms with Crippen LogP contribution in [0.3, 0.4) is 0 Å². The molecular weight excluding hydrogens is 336 g/mol. The summed E-state index contributed by atoms with van der Waals surface area (Å²) in [5.74, 6) is -2.21. The van der Waals surface area contributed by atoms with Crippen molar-refractivity contribution in [3.05, 3.63) is 35.4 Å². The van der Waals surface area contributed by atoms with Crippen LogP contribution in [0, 0.1) is 5.92 Å². The minimum atomic E-state index is -0.946. The van der Waals surface area contributed by atoms with Crippen LogP contribution in [0.5, 0.6) is 0 Å². The summed E-state index contributed by atoms with van der Waals surface area (Å²) in [6, 6.07) is 5.58. The summed E-state index contributed by atoms with van der Waals surface area (Å²) in [4.78, 5) is 52.3. The number of nitrogens with zero attached hydrogens (tertiary/aromatic N) is 2. The number of ether oxygens (including phenoxy) is 1. The van der Waals surface area contributed by atoms with E-state index in [4.69, 9.17) is 4.74 Å². The zero-order chi connectivity index (χ0) is 19.4. The number of hydrogen-bond donors (Lipinski definition) is 0. The normalized spacial score (nSPS) is 15.5. The highest BCUT2D eigenvalue weighted by Crippen LogP contribution is 2.25. The highest BCUT2D eigenvalue weighted by Gasteiger charge is 2.41. The summed E-state index contributed by atoms with van der Waals surface area (Å²) < 4.78 is 4.71. The van der Waals surface area contributed by atoms with E-state index >= 15 is 0 Å². The lowest BCUT2D eigenvalue weighted by molar-refractivity contribution is -0.147. The second-order valence-corrected chi connectivity index (χ2v) is 6.41. The van der Waals surface area contributed by atoms with Crippen LogP contribution in [0.25, 0.3) is 0 Å². The van der Waals surface area contributed by atoms with E-state index in [0.29, 0.717) is 24.1 Å². The fourth-order valence-corrected chi connectivity index (χ4v) is 3.10. The van der Waals surface area contributed by atoms with Crippen LogP contribution >= 0.6 is 0 Å². The second kappa shape index (κ2) is 8.12. The molecule has 0 saturated carbocycles. The largest absolute Gasteiger partial charge is 0.469 e. The van der Waals surface area contributed by atoms with Gasteiger partial charge in [-0.25, -0.2) is 0 Å². The van der Waals surface area contributed by atoms with Gasteiger partial charge in [0.1, 0.15) is 6.04 Å². The third-order valence-electron chi connectivity index (χ3n) is 4.47. The molecule has 1 aliphatic rings. The van der Waals surface area contributed by atoms with Gasteiger partial charge in [0.05, 0.1) is 24.2 Å². The minimum absolute atomic E-state index is 0.173. The maximum atomic E-state index is 12.9.